The zero-order valence-electron chi connectivity index (χ0n) is 10.9. The predicted octanol–water partition coefficient (Wildman–Crippen LogP) is 0.131. The van der Waals surface area contributed by atoms with Gasteiger partial charge in [0.25, 0.3) is 5.91 Å². The maximum atomic E-state index is 13.2. The number of carboxylic acids is 1. The number of nitrogens with two attached hydrogens (primary N) is 1. The molecule has 0 radical (unpaired) electrons. The summed E-state index contributed by atoms with van der Waals surface area (Å²) in [5.41, 5.74) is 6.00. The minimum Gasteiger partial charge on any atom is -0.480 e. The van der Waals surface area contributed by atoms with E-state index >= 15 is 0 Å². The van der Waals surface area contributed by atoms with Gasteiger partial charge >= 0.3 is 5.97 Å². The second-order valence-electron chi connectivity index (χ2n) is 4.68. The summed E-state index contributed by atoms with van der Waals surface area (Å²) in [5.74, 6) is -2.04. The molecule has 0 aliphatic carbocycles. The SMILES string of the molecule is NC(=O)c1cc(F)ccc1N1CCN(CC(=O)O)CC1. The number of halogens is 1. The molecule has 0 atom stereocenters. The van der Waals surface area contributed by atoms with Gasteiger partial charge in [-0.2, -0.15) is 0 Å². The average molecular weight is 281 g/mol. The molecule has 3 N–H and O–H groups in total. The number of carboxylic acid groups (broad SMARTS) is 1. The molecule has 0 saturated carbocycles. The highest BCUT2D eigenvalue weighted by atomic mass is 19.1. The van der Waals surface area contributed by atoms with Crippen molar-refractivity contribution >= 4 is 17.6 Å². The van der Waals surface area contributed by atoms with Crippen LogP contribution in [-0.2, 0) is 4.79 Å². The van der Waals surface area contributed by atoms with Gasteiger partial charge in [0.05, 0.1) is 12.1 Å². The first-order valence-corrected chi connectivity index (χ1v) is 6.26. The molecule has 1 aromatic rings. The Hall–Kier alpha value is -2.15. The Kier molecular flexibility index (Phi) is 4.19. The lowest BCUT2D eigenvalue weighted by atomic mass is 10.1. The lowest BCUT2D eigenvalue weighted by Crippen LogP contribution is -2.48. The van der Waals surface area contributed by atoms with Crippen LogP contribution in [0.2, 0.25) is 0 Å². The number of carbonyl (C=O) groups excluding carboxylic acids is 1. The summed E-state index contributed by atoms with van der Waals surface area (Å²) in [6.45, 7) is 2.28. The van der Waals surface area contributed by atoms with E-state index in [-0.39, 0.29) is 12.1 Å². The van der Waals surface area contributed by atoms with Crippen molar-refractivity contribution in [2.45, 2.75) is 0 Å². The molecule has 2 rings (SSSR count). The molecule has 1 aromatic carbocycles. The van der Waals surface area contributed by atoms with Crippen molar-refractivity contribution in [1.29, 1.82) is 0 Å². The van der Waals surface area contributed by atoms with Crippen LogP contribution in [0.4, 0.5) is 10.1 Å². The van der Waals surface area contributed by atoms with Crippen LogP contribution in [0.1, 0.15) is 10.4 Å². The zero-order chi connectivity index (χ0) is 14.7. The Bertz CT molecular complexity index is 528. The second kappa shape index (κ2) is 5.87. The van der Waals surface area contributed by atoms with Gasteiger partial charge in [-0.1, -0.05) is 0 Å². The molecule has 1 fully saturated rings. The Balaban J connectivity index is 2.11. The monoisotopic (exact) mass is 281 g/mol. The topological polar surface area (TPSA) is 86.9 Å². The fraction of sp³-hybridized carbons (Fsp3) is 0.385. The maximum Gasteiger partial charge on any atom is 0.317 e. The van der Waals surface area contributed by atoms with Crippen LogP contribution >= 0.6 is 0 Å². The summed E-state index contributed by atoms with van der Waals surface area (Å²) in [4.78, 5) is 25.7. The average Bonchev–Trinajstić information content (AvgIpc) is 2.39. The molecule has 0 unspecified atom stereocenters. The van der Waals surface area contributed by atoms with Crippen molar-refractivity contribution < 1.29 is 19.1 Å². The van der Waals surface area contributed by atoms with E-state index in [2.05, 4.69) is 0 Å². The first kappa shape index (κ1) is 14.3. The smallest absolute Gasteiger partial charge is 0.317 e. The largest absolute Gasteiger partial charge is 0.480 e. The number of carbonyl (C=O) groups is 2. The van der Waals surface area contributed by atoms with Crippen LogP contribution in [0.25, 0.3) is 0 Å². The molecule has 0 spiro atoms. The molecule has 1 heterocycles. The van der Waals surface area contributed by atoms with Crippen LogP contribution in [0.15, 0.2) is 18.2 Å². The van der Waals surface area contributed by atoms with Crippen molar-refractivity contribution in [2.75, 3.05) is 37.6 Å². The highest BCUT2D eigenvalue weighted by Gasteiger charge is 2.22. The van der Waals surface area contributed by atoms with Crippen molar-refractivity contribution in [3.63, 3.8) is 0 Å². The van der Waals surface area contributed by atoms with Crippen molar-refractivity contribution in [2.24, 2.45) is 5.73 Å². The van der Waals surface area contributed by atoms with Gasteiger partial charge in [-0.15, -0.1) is 0 Å². The fourth-order valence-electron chi connectivity index (χ4n) is 2.32. The molecule has 1 aliphatic rings. The van der Waals surface area contributed by atoms with E-state index in [0.29, 0.717) is 31.9 Å². The van der Waals surface area contributed by atoms with Gasteiger partial charge in [-0.3, -0.25) is 14.5 Å². The Morgan fingerprint density at radius 3 is 2.45 bits per heavy atom. The minimum atomic E-state index is -0.863. The Morgan fingerprint density at radius 2 is 1.90 bits per heavy atom. The maximum absolute atomic E-state index is 13.2. The van der Waals surface area contributed by atoms with Gasteiger partial charge in [0.15, 0.2) is 0 Å². The zero-order valence-corrected chi connectivity index (χ0v) is 10.9. The first-order chi connectivity index (χ1) is 9.47. The number of benzene rings is 1. The van der Waals surface area contributed by atoms with Crippen LogP contribution in [-0.4, -0.2) is 54.6 Å². The van der Waals surface area contributed by atoms with E-state index in [1.54, 1.807) is 0 Å². The normalized spacial score (nSPS) is 16.1. The number of hydrogen-bond donors (Lipinski definition) is 2. The summed E-state index contributed by atoms with van der Waals surface area (Å²) >= 11 is 0. The summed E-state index contributed by atoms with van der Waals surface area (Å²) < 4.78 is 13.2. The molecule has 7 heteroatoms. The molecule has 0 aromatic heterocycles. The van der Waals surface area contributed by atoms with Gasteiger partial charge in [-0.25, -0.2) is 4.39 Å². The third-order valence-electron chi connectivity index (χ3n) is 3.30. The third kappa shape index (κ3) is 3.24. The molecule has 6 nitrogen and oxygen atoms in total. The number of amides is 1. The number of nitrogens with zero attached hydrogens (tertiary/aromatic N) is 2. The molecule has 1 saturated heterocycles. The van der Waals surface area contributed by atoms with Gasteiger partial charge in [0.2, 0.25) is 0 Å². The molecular weight excluding hydrogens is 265 g/mol. The highest BCUT2D eigenvalue weighted by molar-refractivity contribution is 5.98. The molecule has 20 heavy (non-hydrogen) atoms. The van der Waals surface area contributed by atoms with Crippen LogP contribution in [0.3, 0.4) is 0 Å². The van der Waals surface area contributed by atoms with Gasteiger partial charge in [0, 0.05) is 31.9 Å². The van der Waals surface area contributed by atoms with Crippen LogP contribution in [0, 0.1) is 5.82 Å². The van der Waals surface area contributed by atoms with Crippen molar-refractivity contribution in [3.05, 3.63) is 29.6 Å². The van der Waals surface area contributed by atoms with Gasteiger partial charge in [0.1, 0.15) is 5.82 Å². The number of primary amides is 1. The minimum absolute atomic E-state index is 0.0000651. The quantitative estimate of drug-likeness (QED) is 0.819. The van der Waals surface area contributed by atoms with E-state index in [0.717, 1.165) is 6.07 Å². The number of hydrogen-bond acceptors (Lipinski definition) is 4. The van der Waals surface area contributed by atoms with Crippen molar-refractivity contribution in [1.82, 2.24) is 4.90 Å². The van der Waals surface area contributed by atoms with Crippen LogP contribution < -0.4 is 10.6 Å². The number of rotatable bonds is 4. The fourth-order valence-corrected chi connectivity index (χ4v) is 2.32. The Morgan fingerprint density at radius 1 is 1.25 bits per heavy atom. The van der Waals surface area contributed by atoms with E-state index in [1.165, 1.54) is 12.1 Å². The predicted molar refractivity (Wildman–Crippen MR) is 71.2 cm³/mol. The summed E-state index contributed by atoms with van der Waals surface area (Å²) in [5, 5.41) is 8.74. The number of anilines is 1. The third-order valence-corrected chi connectivity index (χ3v) is 3.30. The van der Waals surface area contributed by atoms with Gasteiger partial charge < -0.3 is 15.7 Å². The molecular formula is C13H16FN3O3. The summed E-state index contributed by atoms with van der Waals surface area (Å²) in [6, 6.07) is 3.94. The molecule has 108 valence electrons. The summed E-state index contributed by atoms with van der Waals surface area (Å²) in [6.07, 6.45) is 0. The lowest BCUT2D eigenvalue weighted by Gasteiger charge is -2.36. The van der Waals surface area contributed by atoms with Crippen LogP contribution in [0.5, 0.6) is 0 Å². The van der Waals surface area contributed by atoms with Gasteiger partial charge in [-0.05, 0) is 18.2 Å². The molecule has 1 amide bonds. The van der Waals surface area contributed by atoms with E-state index < -0.39 is 17.7 Å². The van der Waals surface area contributed by atoms with E-state index in [9.17, 15) is 14.0 Å². The van der Waals surface area contributed by atoms with Crippen molar-refractivity contribution in [3.8, 4) is 0 Å². The lowest BCUT2D eigenvalue weighted by molar-refractivity contribution is -0.138. The summed E-state index contributed by atoms with van der Waals surface area (Å²) in [7, 11) is 0. The first-order valence-electron chi connectivity index (χ1n) is 6.26. The molecule has 1 aliphatic heterocycles. The van der Waals surface area contributed by atoms with E-state index in [1.807, 2.05) is 9.80 Å². The highest BCUT2D eigenvalue weighted by Crippen LogP contribution is 2.22. The second-order valence-corrected chi connectivity index (χ2v) is 4.68. The van der Waals surface area contributed by atoms with E-state index in [4.69, 9.17) is 10.8 Å². The number of piperazine rings is 1. The standard InChI is InChI=1S/C13H16FN3O3/c14-9-1-2-11(10(7-9)13(15)20)17-5-3-16(4-6-17)8-12(18)19/h1-2,7H,3-6,8H2,(H2,15,20)(H,18,19). The number of aliphatic carboxylic acids is 1. The molecule has 0 bridgehead atoms. The Labute approximate surface area is 115 Å².